The van der Waals surface area contributed by atoms with E-state index in [2.05, 4.69) is 0 Å². The first-order chi connectivity index (χ1) is 8.43. The summed E-state index contributed by atoms with van der Waals surface area (Å²) in [5.41, 5.74) is 5.03. The summed E-state index contributed by atoms with van der Waals surface area (Å²) in [5.74, 6) is -0.479. The third-order valence-corrected chi connectivity index (χ3v) is 2.81. The minimum atomic E-state index is -1.75. The van der Waals surface area contributed by atoms with Crippen LogP contribution in [0, 0.1) is 0 Å². The van der Waals surface area contributed by atoms with Crippen LogP contribution in [0.1, 0.15) is 11.7 Å². The SMILES string of the molecule is COc1ccc(C(O)C(O)C(N)=O)c(Cl)c1OC. The van der Waals surface area contributed by atoms with Gasteiger partial charge in [-0.1, -0.05) is 17.7 Å². The van der Waals surface area contributed by atoms with Gasteiger partial charge in [0.2, 0.25) is 5.91 Å². The molecule has 0 aliphatic carbocycles. The molecule has 2 unspecified atom stereocenters. The van der Waals surface area contributed by atoms with E-state index in [4.69, 9.17) is 26.8 Å². The Morgan fingerprint density at radius 2 is 1.94 bits per heavy atom. The Balaban J connectivity index is 3.22. The molecule has 0 radical (unpaired) electrons. The molecule has 0 saturated carbocycles. The molecule has 0 aromatic heterocycles. The van der Waals surface area contributed by atoms with Crippen LogP contribution in [0.15, 0.2) is 12.1 Å². The average molecular weight is 276 g/mol. The quantitative estimate of drug-likeness (QED) is 0.714. The Morgan fingerprint density at radius 3 is 2.39 bits per heavy atom. The lowest BCUT2D eigenvalue weighted by Gasteiger charge is -2.19. The number of carbonyl (C=O) groups excluding carboxylic acids is 1. The molecule has 4 N–H and O–H groups in total. The fourth-order valence-corrected chi connectivity index (χ4v) is 1.80. The molecule has 0 bridgehead atoms. The van der Waals surface area contributed by atoms with Gasteiger partial charge in [-0.05, 0) is 6.07 Å². The standard InChI is InChI=1S/C11H14ClNO5/c1-17-6-4-3-5(7(12)10(6)18-2)8(14)9(15)11(13)16/h3-4,8-9,14-15H,1-2H3,(H2,13,16). The molecule has 100 valence electrons. The van der Waals surface area contributed by atoms with Crippen LogP contribution in [0.5, 0.6) is 11.5 Å². The molecule has 6 nitrogen and oxygen atoms in total. The van der Waals surface area contributed by atoms with Crippen molar-refractivity contribution in [1.29, 1.82) is 0 Å². The van der Waals surface area contributed by atoms with Gasteiger partial charge in [-0.25, -0.2) is 0 Å². The van der Waals surface area contributed by atoms with Crippen LogP contribution in [0.2, 0.25) is 5.02 Å². The zero-order chi connectivity index (χ0) is 13.9. The predicted molar refractivity (Wildman–Crippen MR) is 64.7 cm³/mol. The number of benzene rings is 1. The molecule has 7 heteroatoms. The number of amides is 1. The minimum Gasteiger partial charge on any atom is -0.493 e. The zero-order valence-electron chi connectivity index (χ0n) is 9.88. The highest BCUT2D eigenvalue weighted by atomic mass is 35.5. The Bertz CT molecular complexity index is 451. The Hall–Kier alpha value is -1.50. The van der Waals surface area contributed by atoms with E-state index < -0.39 is 18.1 Å². The third kappa shape index (κ3) is 2.66. The monoisotopic (exact) mass is 275 g/mol. The molecule has 1 aromatic rings. The largest absolute Gasteiger partial charge is 0.493 e. The second-order valence-electron chi connectivity index (χ2n) is 3.50. The number of halogens is 1. The summed E-state index contributed by atoms with van der Waals surface area (Å²) in [6, 6.07) is 2.91. The number of rotatable bonds is 5. The number of aliphatic hydroxyl groups excluding tert-OH is 2. The van der Waals surface area contributed by atoms with Crippen molar-refractivity contribution in [2.75, 3.05) is 14.2 Å². The molecule has 0 heterocycles. The maximum Gasteiger partial charge on any atom is 0.249 e. The van der Waals surface area contributed by atoms with E-state index >= 15 is 0 Å². The van der Waals surface area contributed by atoms with Crippen molar-refractivity contribution in [3.63, 3.8) is 0 Å². The lowest BCUT2D eigenvalue weighted by Crippen LogP contribution is -2.34. The number of methoxy groups -OCH3 is 2. The Morgan fingerprint density at radius 1 is 1.33 bits per heavy atom. The number of hydrogen-bond donors (Lipinski definition) is 3. The molecular weight excluding hydrogens is 262 g/mol. The van der Waals surface area contributed by atoms with Crippen LogP contribution in [-0.2, 0) is 4.79 Å². The lowest BCUT2D eigenvalue weighted by atomic mass is 10.0. The van der Waals surface area contributed by atoms with Crippen molar-refractivity contribution in [2.24, 2.45) is 5.73 Å². The molecule has 0 saturated heterocycles. The molecule has 0 aliphatic heterocycles. The molecule has 18 heavy (non-hydrogen) atoms. The highest BCUT2D eigenvalue weighted by Gasteiger charge is 2.27. The topological polar surface area (TPSA) is 102 Å². The smallest absolute Gasteiger partial charge is 0.249 e. The average Bonchev–Trinajstić information content (AvgIpc) is 2.36. The molecule has 2 atom stereocenters. The summed E-state index contributed by atoms with van der Waals surface area (Å²) in [6.07, 6.45) is -3.28. The van der Waals surface area contributed by atoms with Crippen LogP contribution >= 0.6 is 11.6 Å². The summed E-state index contributed by atoms with van der Waals surface area (Å²) in [7, 11) is 2.81. The van der Waals surface area contributed by atoms with Crippen LogP contribution in [0.4, 0.5) is 0 Å². The Kier molecular flexibility index (Phi) is 4.77. The van der Waals surface area contributed by atoms with E-state index in [0.29, 0.717) is 5.75 Å². The molecule has 0 aliphatic rings. The van der Waals surface area contributed by atoms with Crippen molar-refractivity contribution in [3.8, 4) is 11.5 Å². The summed E-state index contributed by atoms with van der Waals surface area (Å²) in [6.45, 7) is 0. The fourth-order valence-electron chi connectivity index (χ4n) is 1.46. The lowest BCUT2D eigenvalue weighted by molar-refractivity contribution is -0.131. The summed E-state index contributed by atoms with van der Waals surface area (Å²) >= 11 is 6.01. The third-order valence-electron chi connectivity index (χ3n) is 2.42. The van der Waals surface area contributed by atoms with Crippen molar-refractivity contribution in [2.45, 2.75) is 12.2 Å². The number of primary amides is 1. The molecule has 0 spiro atoms. The highest BCUT2D eigenvalue weighted by molar-refractivity contribution is 6.33. The van der Waals surface area contributed by atoms with Gasteiger partial charge in [0.15, 0.2) is 17.6 Å². The van der Waals surface area contributed by atoms with Crippen molar-refractivity contribution in [1.82, 2.24) is 0 Å². The normalized spacial score (nSPS) is 13.8. The highest BCUT2D eigenvalue weighted by Crippen LogP contribution is 2.40. The van der Waals surface area contributed by atoms with Crippen LogP contribution in [0.3, 0.4) is 0 Å². The van der Waals surface area contributed by atoms with E-state index in [1.165, 1.54) is 26.4 Å². The van der Waals surface area contributed by atoms with E-state index in [-0.39, 0.29) is 16.3 Å². The number of hydrogen-bond acceptors (Lipinski definition) is 5. The van der Waals surface area contributed by atoms with Crippen LogP contribution in [0.25, 0.3) is 0 Å². The maximum atomic E-state index is 10.8. The Labute approximate surface area is 109 Å². The van der Waals surface area contributed by atoms with E-state index in [0.717, 1.165) is 0 Å². The first-order valence-electron chi connectivity index (χ1n) is 4.99. The number of ether oxygens (including phenoxy) is 2. The van der Waals surface area contributed by atoms with E-state index in [9.17, 15) is 15.0 Å². The first-order valence-corrected chi connectivity index (χ1v) is 5.37. The predicted octanol–water partition coefficient (Wildman–Crippen LogP) is 0.237. The van der Waals surface area contributed by atoms with Gasteiger partial charge in [-0.3, -0.25) is 4.79 Å². The minimum absolute atomic E-state index is 0.0460. The molecule has 1 rings (SSSR count). The van der Waals surface area contributed by atoms with Gasteiger partial charge in [0.25, 0.3) is 0 Å². The summed E-state index contributed by atoms with van der Waals surface area (Å²) in [5, 5.41) is 19.2. The van der Waals surface area contributed by atoms with Crippen LogP contribution < -0.4 is 15.2 Å². The van der Waals surface area contributed by atoms with Gasteiger partial charge in [-0.15, -0.1) is 0 Å². The zero-order valence-corrected chi connectivity index (χ0v) is 10.6. The molecule has 1 amide bonds. The van der Waals surface area contributed by atoms with E-state index in [1.54, 1.807) is 0 Å². The van der Waals surface area contributed by atoms with Gasteiger partial charge in [0.1, 0.15) is 6.10 Å². The summed E-state index contributed by atoms with van der Waals surface area (Å²) in [4.78, 5) is 10.8. The molecule has 0 fully saturated rings. The van der Waals surface area contributed by atoms with Crippen molar-refractivity contribution >= 4 is 17.5 Å². The van der Waals surface area contributed by atoms with Gasteiger partial charge in [0, 0.05) is 5.56 Å². The van der Waals surface area contributed by atoms with Gasteiger partial charge < -0.3 is 25.4 Å². The second-order valence-corrected chi connectivity index (χ2v) is 3.87. The van der Waals surface area contributed by atoms with Crippen LogP contribution in [-0.4, -0.2) is 36.4 Å². The molecule has 1 aromatic carbocycles. The fraction of sp³-hybridized carbons (Fsp3) is 0.364. The van der Waals surface area contributed by atoms with Gasteiger partial charge in [-0.2, -0.15) is 0 Å². The molecular formula is C11H14ClNO5. The van der Waals surface area contributed by atoms with Crippen molar-refractivity contribution in [3.05, 3.63) is 22.7 Å². The van der Waals surface area contributed by atoms with Crippen molar-refractivity contribution < 1.29 is 24.5 Å². The van der Waals surface area contributed by atoms with E-state index in [1.807, 2.05) is 0 Å². The van der Waals surface area contributed by atoms with Gasteiger partial charge >= 0.3 is 0 Å². The number of aliphatic hydroxyl groups is 2. The summed E-state index contributed by atoms with van der Waals surface area (Å²) < 4.78 is 10.0. The second kappa shape index (κ2) is 5.90. The number of carbonyl (C=O) groups is 1. The first kappa shape index (κ1) is 14.6. The maximum absolute atomic E-state index is 10.8. The number of nitrogens with two attached hydrogens (primary N) is 1. The van der Waals surface area contributed by atoms with Gasteiger partial charge in [0.05, 0.1) is 19.2 Å².